The largest absolute Gasteiger partial charge is 0.394 e. The van der Waals surface area contributed by atoms with Crippen LogP contribution in [0, 0.1) is 11.3 Å². The van der Waals surface area contributed by atoms with Crippen LogP contribution in [0.5, 0.6) is 0 Å². The van der Waals surface area contributed by atoms with E-state index < -0.39 is 0 Å². The number of nitrogen functional groups attached to an aromatic ring is 1. The molecule has 7 heteroatoms. The van der Waals surface area contributed by atoms with Gasteiger partial charge in [0.1, 0.15) is 16.6 Å². The molecule has 0 aromatic carbocycles. The van der Waals surface area contributed by atoms with Crippen molar-refractivity contribution in [1.82, 2.24) is 4.37 Å². The van der Waals surface area contributed by atoms with Gasteiger partial charge in [0, 0.05) is 6.54 Å². The average molecular weight is 228 g/mol. The first-order chi connectivity index (χ1) is 7.29. The van der Waals surface area contributed by atoms with Crippen LogP contribution in [0.2, 0.25) is 0 Å². The van der Waals surface area contributed by atoms with Crippen molar-refractivity contribution < 1.29 is 9.84 Å². The molecule has 0 aliphatic carbocycles. The standard InChI is InChI=1S/C8H12N4O2S/c9-5-6-7(10)12-15-8(6)11-1-3-14-4-2-13/h11,13H,1-4H2,(H2,10,12). The number of nitrogens with one attached hydrogen (secondary N) is 1. The maximum absolute atomic E-state index is 8.76. The molecule has 0 atom stereocenters. The number of anilines is 2. The summed E-state index contributed by atoms with van der Waals surface area (Å²) in [5, 5.41) is 20.9. The minimum atomic E-state index is 0.0109. The van der Waals surface area contributed by atoms with Gasteiger partial charge in [-0.1, -0.05) is 0 Å². The second kappa shape index (κ2) is 6.19. The summed E-state index contributed by atoms with van der Waals surface area (Å²) in [4.78, 5) is 0. The summed E-state index contributed by atoms with van der Waals surface area (Å²) in [5.41, 5.74) is 5.85. The molecule has 0 spiro atoms. The Labute approximate surface area is 91.4 Å². The van der Waals surface area contributed by atoms with Gasteiger partial charge in [0.05, 0.1) is 19.8 Å². The molecule has 1 heterocycles. The molecule has 0 aliphatic heterocycles. The summed E-state index contributed by atoms with van der Waals surface area (Å²) in [6.45, 7) is 1.34. The Morgan fingerprint density at radius 1 is 1.60 bits per heavy atom. The minimum absolute atomic E-state index is 0.0109. The molecule has 6 nitrogen and oxygen atoms in total. The highest BCUT2D eigenvalue weighted by Gasteiger charge is 2.09. The number of aromatic nitrogens is 1. The number of rotatable bonds is 6. The van der Waals surface area contributed by atoms with Crippen molar-refractivity contribution in [2.24, 2.45) is 0 Å². The zero-order valence-corrected chi connectivity index (χ0v) is 8.88. The van der Waals surface area contributed by atoms with E-state index in [1.807, 2.05) is 6.07 Å². The first-order valence-electron chi connectivity index (χ1n) is 4.37. The molecule has 82 valence electrons. The van der Waals surface area contributed by atoms with E-state index in [0.29, 0.717) is 30.3 Å². The quantitative estimate of drug-likeness (QED) is 0.593. The van der Waals surface area contributed by atoms with Crippen LogP contribution in [0.1, 0.15) is 5.56 Å². The van der Waals surface area contributed by atoms with E-state index in [9.17, 15) is 0 Å². The maximum atomic E-state index is 8.76. The van der Waals surface area contributed by atoms with Crippen molar-refractivity contribution in [3.05, 3.63) is 5.56 Å². The third kappa shape index (κ3) is 3.36. The Bertz CT molecular complexity index is 347. The molecule has 0 aliphatic rings. The molecule has 0 radical (unpaired) electrons. The van der Waals surface area contributed by atoms with Crippen LogP contribution >= 0.6 is 11.5 Å². The number of ether oxygens (including phenoxy) is 1. The van der Waals surface area contributed by atoms with E-state index in [0.717, 1.165) is 11.5 Å². The van der Waals surface area contributed by atoms with Gasteiger partial charge < -0.3 is 20.9 Å². The number of nitrogens with zero attached hydrogens (tertiary/aromatic N) is 2. The number of nitriles is 1. The topological polar surface area (TPSA) is 104 Å². The summed E-state index contributed by atoms with van der Waals surface area (Å²) in [5.74, 6) is 0.251. The SMILES string of the molecule is N#Cc1c(N)nsc1NCCOCCO. The fraction of sp³-hybridized carbons (Fsp3) is 0.500. The molecule has 1 aromatic rings. The van der Waals surface area contributed by atoms with E-state index in [2.05, 4.69) is 9.69 Å². The molecule has 1 rings (SSSR count). The lowest BCUT2D eigenvalue weighted by Gasteiger charge is -2.03. The maximum Gasteiger partial charge on any atom is 0.157 e. The average Bonchev–Trinajstić information content (AvgIpc) is 2.59. The Balaban J connectivity index is 2.35. The van der Waals surface area contributed by atoms with Gasteiger partial charge in [0.15, 0.2) is 5.82 Å². The molecular weight excluding hydrogens is 216 g/mol. The van der Waals surface area contributed by atoms with Crippen molar-refractivity contribution in [3.8, 4) is 6.07 Å². The molecule has 1 aromatic heterocycles. The van der Waals surface area contributed by atoms with Crippen LogP contribution in [0.25, 0.3) is 0 Å². The predicted molar refractivity (Wildman–Crippen MR) is 57.6 cm³/mol. The van der Waals surface area contributed by atoms with Gasteiger partial charge in [-0.3, -0.25) is 0 Å². The van der Waals surface area contributed by atoms with Crippen LogP contribution < -0.4 is 11.1 Å². The van der Waals surface area contributed by atoms with Gasteiger partial charge in [-0.2, -0.15) is 9.64 Å². The zero-order valence-electron chi connectivity index (χ0n) is 8.06. The summed E-state index contributed by atoms with van der Waals surface area (Å²) in [6.07, 6.45) is 0. The number of nitrogens with two attached hydrogens (primary N) is 1. The molecular formula is C8H12N4O2S. The summed E-state index contributed by atoms with van der Waals surface area (Å²) in [7, 11) is 0. The number of hydrogen-bond donors (Lipinski definition) is 3. The Kier molecular flexibility index (Phi) is 4.83. The van der Waals surface area contributed by atoms with Crippen LogP contribution in [0.3, 0.4) is 0 Å². The molecule has 0 amide bonds. The highest BCUT2D eigenvalue weighted by atomic mass is 32.1. The van der Waals surface area contributed by atoms with E-state index in [4.69, 9.17) is 20.8 Å². The number of aliphatic hydroxyl groups is 1. The van der Waals surface area contributed by atoms with Gasteiger partial charge in [0.25, 0.3) is 0 Å². The lowest BCUT2D eigenvalue weighted by molar-refractivity contribution is 0.0992. The van der Waals surface area contributed by atoms with Gasteiger partial charge in [0.2, 0.25) is 0 Å². The molecule has 0 saturated heterocycles. The van der Waals surface area contributed by atoms with Crippen LogP contribution in [0.15, 0.2) is 0 Å². The fourth-order valence-electron chi connectivity index (χ4n) is 0.934. The van der Waals surface area contributed by atoms with E-state index in [-0.39, 0.29) is 12.4 Å². The predicted octanol–water partition coefficient (Wildman–Crippen LogP) is 0.0178. The van der Waals surface area contributed by atoms with Crippen molar-refractivity contribution in [2.45, 2.75) is 0 Å². The summed E-state index contributed by atoms with van der Waals surface area (Å²) >= 11 is 1.15. The Morgan fingerprint density at radius 2 is 2.40 bits per heavy atom. The lowest BCUT2D eigenvalue weighted by Crippen LogP contribution is -2.11. The minimum Gasteiger partial charge on any atom is -0.394 e. The van der Waals surface area contributed by atoms with E-state index >= 15 is 0 Å². The zero-order chi connectivity index (χ0) is 11.1. The highest BCUT2D eigenvalue weighted by molar-refractivity contribution is 7.10. The molecule has 15 heavy (non-hydrogen) atoms. The van der Waals surface area contributed by atoms with Crippen LogP contribution in [0.4, 0.5) is 10.8 Å². The second-order valence-corrected chi connectivity index (χ2v) is 3.42. The van der Waals surface area contributed by atoms with Crippen molar-refractivity contribution >= 4 is 22.4 Å². The van der Waals surface area contributed by atoms with Gasteiger partial charge in [-0.25, -0.2) is 0 Å². The van der Waals surface area contributed by atoms with Crippen molar-refractivity contribution in [3.63, 3.8) is 0 Å². The van der Waals surface area contributed by atoms with E-state index in [1.54, 1.807) is 0 Å². The smallest absolute Gasteiger partial charge is 0.157 e. The second-order valence-electron chi connectivity index (χ2n) is 2.65. The number of aliphatic hydroxyl groups excluding tert-OH is 1. The molecule has 0 saturated carbocycles. The molecule has 0 bridgehead atoms. The van der Waals surface area contributed by atoms with Gasteiger partial charge in [-0.15, -0.1) is 0 Å². The first kappa shape index (κ1) is 11.7. The first-order valence-corrected chi connectivity index (χ1v) is 5.14. The third-order valence-corrected chi connectivity index (χ3v) is 2.42. The molecule has 0 unspecified atom stereocenters. The fourth-order valence-corrected chi connectivity index (χ4v) is 1.62. The molecule has 0 fully saturated rings. The van der Waals surface area contributed by atoms with Gasteiger partial charge in [-0.05, 0) is 11.5 Å². The highest BCUT2D eigenvalue weighted by Crippen LogP contribution is 2.24. The monoisotopic (exact) mass is 228 g/mol. The summed E-state index contributed by atoms with van der Waals surface area (Å²) < 4.78 is 8.90. The van der Waals surface area contributed by atoms with Crippen LogP contribution in [-0.4, -0.2) is 35.8 Å². The Hall–Kier alpha value is -1.36. The lowest BCUT2D eigenvalue weighted by atomic mass is 10.3. The Morgan fingerprint density at radius 3 is 3.07 bits per heavy atom. The van der Waals surface area contributed by atoms with Crippen molar-refractivity contribution in [1.29, 1.82) is 5.26 Å². The van der Waals surface area contributed by atoms with Crippen LogP contribution in [-0.2, 0) is 4.74 Å². The molecule has 4 N–H and O–H groups in total. The van der Waals surface area contributed by atoms with Gasteiger partial charge >= 0.3 is 0 Å². The van der Waals surface area contributed by atoms with Crippen molar-refractivity contribution in [2.75, 3.05) is 37.4 Å². The third-order valence-electron chi connectivity index (χ3n) is 1.60. The van der Waals surface area contributed by atoms with E-state index in [1.165, 1.54) is 0 Å². The number of hydrogen-bond acceptors (Lipinski definition) is 7. The normalized spacial score (nSPS) is 9.87. The summed E-state index contributed by atoms with van der Waals surface area (Å²) in [6, 6.07) is 1.98.